The number of aliphatic hydroxyl groups is 1. The van der Waals surface area contributed by atoms with Gasteiger partial charge < -0.3 is 9.67 Å². The molecule has 3 aromatic rings. The smallest absolute Gasteiger partial charge is 0.129 e. The topological polar surface area (TPSA) is 41.3 Å². The Morgan fingerprint density at radius 3 is 2.60 bits per heavy atom. The lowest BCUT2D eigenvalue weighted by Gasteiger charge is -2.21. The van der Waals surface area contributed by atoms with Crippen LogP contribution in [0.1, 0.15) is 23.1 Å². The predicted molar refractivity (Wildman–Crippen MR) is 95.5 cm³/mol. The van der Waals surface area contributed by atoms with Crippen LogP contribution in [0.3, 0.4) is 0 Å². The standard InChI is InChI=1S/C20H22FN3O/c1-23(14-19(25)17-9-5-6-10-18(17)21)15-20-22-11-12-24(20)13-16-7-3-2-4-8-16/h2-12,19,25H,13-15H2,1H3. The first-order valence-corrected chi connectivity index (χ1v) is 8.28. The van der Waals surface area contributed by atoms with E-state index in [0.717, 1.165) is 12.4 Å². The fourth-order valence-corrected chi connectivity index (χ4v) is 2.86. The van der Waals surface area contributed by atoms with Crippen molar-refractivity contribution in [2.24, 2.45) is 0 Å². The van der Waals surface area contributed by atoms with Crippen molar-refractivity contribution in [1.82, 2.24) is 14.5 Å². The number of rotatable bonds is 7. The number of likely N-dealkylation sites (N-methyl/N-ethyl adjacent to an activating group) is 1. The number of aromatic nitrogens is 2. The van der Waals surface area contributed by atoms with Crippen molar-refractivity contribution < 1.29 is 9.50 Å². The van der Waals surface area contributed by atoms with Gasteiger partial charge in [0.15, 0.2) is 0 Å². The number of hydrogen-bond acceptors (Lipinski definition) is 3. The average molecular weight is 339 g/mol. The lowest BCUT2D eigenvalue weighted by atomic mass is 10.1. The van der Waals surface area contributed by atoms with Crippen LogP contribution in [0.4, 0.5) is 4.39 Å². The molecule has 0 fully saturated rings. The molecule has 0 saturated carbocycles. The Bertz CT molecular complexity index is 803. The highest BCUT2D eigenvalue weighted by Gasteiger charge is 2.16. The number of imidazole rings is 1. The van der Waals surface area contributed by atoms with E-state index in [2.05, 4.69) is 21.7 Å². The first-order chi connectivity index (χ1) is 12.1. The van der Waals surface area contributed by atoms with Crippen molar-refractivity contribution in [2.45, 2.75) is 19.2 Å². The molecule has 4 nitrogen and oxygen atoms in total. The molecule has 0 spiro atoms. The molecule has 0 aliphatic carbocycles. The van der Waals surface area contributed by atoms with Crippen LogP contribution in [-0.4, -0.2) is 33.1 Å². The molecule has 1 atom stereocenters. The molecular formula is C20H22FN3O. The summed E-state index contributed by atoms with van der Waals surface area (Å²) >= 11 is 0. The van der Waals surface area contributed by atoms with Crippen molar-refractivity contribution in [3.8, 4) is 0 Å². The van der Waals surface area contributed by atoms with E-state index in [1.807, 2.05) is 36.3 Å². The van der Waals surface area contributed by atoms with E-state index in [1.54, 1.807) is 24.4 Å². The van der Waals surface area contributed by atoms with Crippen molar-refractivity contribution in [1.29, 1.82) is 0 Å². The maximum atomic E-state index is 13.8. The monoisotopic (exact) mass is 339 g/mol. The molecule has 1 heterocycles. The van der Waals surface area contributed by atoms with Gasteiger partial charge in [-0.25, -0.2) is 9.37 Å². The number of aliphatic hydroxyl groups excluding tert-OH is 1. The van der Waals surface area contributed by atoms with Crippen molar-refractivity contribution in [2.75, 3.05) is 13.6 Å². The van der Waals surface area contributed by atoms with E-state index < -0.39 is 6.10 Å². The second-order valence-electron chi connectivity index (χ2n) is 6.19. The molecule has 0 amide bonds. The number of nitrogens with zero attached hydrogens (tertiary/aromatic N) is 3. The Morgan fingerprint density at radius 1 is 1.12 bits per heavy atom. The van der Waals surface area contributed by atoms with Gasteiger partial charge in [-0.1, -0.05) is 48.5 Å². The molecule has 1 N–H and O–H groups in total. The average Bonchev–Trinajstić information content (AvgIpc) is 3.02. The van der Waals surface area contributed by atoms with Gasteiger partial charge >= 0.3 is 0 Å². The normalized spacial score (nSPS) is 12.5. The molecule has 0 radical (unpaired) electrons. The molecule has 25 heavy (non-hydrogen) atoms. The van der Waals surface area contributed by atoms with Crippen LogP contribution < -0.4 is 0 Å². The maximum absolute atomic E-state index is 13.8. The molecule has 0 saturated heterocycles. The van der Waals surface area contributed by atoms with Crippen molar-refractivity contribution in [3.05, 3.63) is 89.8 Å². The molecule has 5 heteroatoms. The predicted octanol–water partition coefficient (Wildman–Crippen LogP) is 3.24. The number of hydrogen-bond donors (Lipinski definition) is 1. The number of benzene rings is 2. The highest BCUT2D eigenvalue weighted by Crippen LogP contribution is 2.18. The molecule has 130 valence electrons. The van der Waals surface area contributed by atoms with Gasteiger partial charge in [-0.15, -0.1) is 0 Å². The first-order valence-electron chi connectivity index (χ1n) is 8.28. The minimum atomic E-state index is -0.872. The zero-order valence-corrected chi connectivity index (χ0v) is 14.2. The van der Waals surface area contributed by atoms with Gasteiger partial charge in [-0.05, 0) is 18.7 Å². The van der Waals surface area contributed by atoms with Gasteiger partial charge in [0.2, 0.25) is 0 Å². The summed E-state index contributed by atoms with van der Waals surface area (Å²) in [6.07, 6.45) is 2.85. The SMILES string of the molecule is CN(Cc1nccn1Cc1ccccc1)CC(O)c1ccccc1F. The van der Waals surface area contributed by atoms with Crippen LogP contribution in [-0.2, 0) is 13.1 Å². The summed E-state index contributed by atoms with van der Waals surface area (Å²) in [6, 6.07) is 16.5. The van der Waals surface area contributed by atoms with E-state index in [-0.39, 0.29) is 5.82 Å². The maximum Gasteiger partial charge on any atom is 0.129 e. The van der Waals surface area contributed by atoms with E-state index in [4.69, 9.17) is 0 Å². The first kappa shape index (κ1) is 17.3. The van der Waals surface area contributed by atoms with Crippen LogP contribution >= 0.6 is 0 Å². The quantitative estimate of drug-likeness (QED) is 0.718. The zero-order chi connectivity index (χ0) is 17.6. The molecule has 0 aliphatic heterocycles. The Balaban J connectivity index is 1.63. The summed E-state index contributed by atoms with van der Waals surface area (Å²) in [5.74, 6) is 0.529. The highest BCUT2D eigenvalue weighted by molar-refractivity contribution is 5.20. The summed E-state index contributed by atoms with van der Waals surface area (Å²) in [5.41, 5.74) is 1.53. The zero-order valence-electron chi connectivity index (χ0n) is 14.2. The minimum Gasteiger partial charge on any atom is -0.387 e. The van der Waals surface area contributed by atoms with E-state index >= 15 is 0 Å². The lowest BCUT2D eigenvalue weighted by molar-refractivity contribution is 0.119. The molecule has 2 aromatic carbocycles. The second-order valence-corrected chi connectivity index (χ2v) is 6.19. The number of halogens is 1. The van der Waals surface area contributed by atoms with Gasteiger partial charge in [0, 0.05) is 31.0 Å². The van der Waals surface area contributed by atoms with Gasteiger partial charge in [0.05, 0.1) is 12.6 Å². The summed E-state index contributed by atoms with van der Waals surface area (Å²) in [6.45, 7) is 1.66. The fourth-order valence-electron chi connectivity index (χ4n) is 2.86. The Kier molecular flexibility index (Phi) is 5.58. The van der Waals surface area contributed by atoms with E-state index in [0.29, 0.717) is 18.7 Å². The molecule has 0 bridgehead atoms. The third-order valence-electron chi connectivity index (χ3n) is 4.16. The third kappa shape index (κ3) is 4.53. The Hall–Kier alpha value is -2.50. The van der Waals surface area contributed by atoms with Crippen LogP contribution in [0.25, 0.3) is 0 Å². The van der Waals surface area contributed by atoms with Gasteiger partial charge in [0.1, 0.15) is 11.6 Å². The summed E-state index contributed by atoms with van der Waals surface area (Å²) in [5, 5.41) is 10.3. The van der Waals surface area contributed by atoms with Gasteiger partial charge in [-0.2, -0.15) is 0 Å². The van der Waals surface area contributed by atoms with Crippen LogP contribution in [0.15, 0.2) is 67.0 Å². The molecular weight excluding hydrogens is 317 g/mol. The van der Waals surface area contributed by atoms with E-state index in [1.165, 1.54) is 11.6 Å². The highest BCUT2D eigenvalue weighted by atomic mass is 19.1. The van der Waals surface area contributed by atoms with Crippen LogP contribution in [0, 0.1) is 5.82 Å². The summed E-state index contributed by atoms with van der Waals surface area (Å²) < 4.78 is 15.9. The van der Waals surface area contributed by atoms with Crippen LogP contribution in [0.2, 0.25) is 0 Å². The third-order valence-corrected chi connectivity index (χ3v) is 4.16. The fraction of sp³-hybridized carbons (Fsp3) is 0.250. The second kappa shape index (κ2) is 8.05. The van der Waals surface area contributed by atoms with Crippen LogP contribution in [0.5, 0.6) is 0 Å². The minimum absolute atomic E-state index is 0.321. The van der Waals surface area contributed by atoms with Gasteiger partial charge in [-0.3, -0.25) is 4.90 Å². The Labute approximate surface area is 147 Å². The van der Waals surface area contributed by atoms with Gasteiger partial charge in [0.25, 0.3) is 0 Å². The van der Waals surface area contributed by atoms with E-state index in [9.17, 15) is 9.50 Å². The molecule has 1 unspecified atom stereocenters. The molecule has 1 aromatic heterocycles. The summed E-state index contributed by atoms with van der Waals surface area (Å²) in [4.78, 5) is 6.36. The Morgan fingerprint density at radius 2 is 1.84 bits per heavy atom. The molecule has 0 aliphatic rings. The molecule has 3 rings (SSSR count). The largest absolute Gasteiger partial charge is 0.387 e. The lowest BCUT2D eigenvalue weighted by Crippen LogP contribution is -2.26. The van der Waals surface area contributed by atoms with Crippen molar-refractivity contribution >= 4 is 0 Å². The summed E-state index contributed by atoms with van der Waals surface area (Å²) in [7, 11) is 1.89. The van der Waals surface area contributed by atoms with Crippen molar-refractivity contribution in [3.63, 3.8) is 0 Å².